The van der Waals surface area contributed by atoms with Gasteiger partial charge in [0.05, 0.1) is 5.69 Å². The Balaban J connectivity index is 1.49. The molecule has 0 unspecified atom stereocenters. The molecule has 1 aliphatic heterocycles. The van der Waals surface area contributed by atoms with E-state index in [4.69, 9.17) is 0 Å². The summed E-state index contributed by atoms with van der Waals surface area (Å²) in [7, 11) is 0. The van der Waals surface area contributed by atoms with Crippen LogP contribution in [0, 0.1) is 0 Å². The van der Waals surface area contributed by atoms with Crippen molar-refractivity contribution in [3.8, 4) is 11.3 Å². The van der Waals surface area contributed by atoms with Crippen LogP contribution in [0.15, 0.2) is 54.6 Å². The number of rotatable bonds is 3. The molecule has 0 bridgehead atoms. The molecule has 1 saturated heterocycles. The average Bonchev–Trinajstić information content (AvgIpc) is 2.73. The third kappa shape index (κ3) is 3.25. The number of carbonyl (C=O) groups excluding carboxylic acids is 1. The molecular weight excluding hydrogens is 324 g/mol. The van der Waals surface area contributed by atoms with Crippen LogP contribution in [0.4, 0.5) is 5.82 Å². The van der Waals surface area contributed by atoms with E-state index in [0.29, 0.717) is 6.42 Å². The van der Waals surface area contributed by atoms with Gasteiger partial charge in [0.2, 0.25) is 5.91 Å². The highest BCUT2D eigenvalue weighted by Gasteiger charge is 2.21. The van der Waals surface area contributed by atoms with E-state index in [-0.39, 0.29) is 5.91 Å². The lowest BCUT2D eigenvalue weighted by molar-refractivity contribution is -0.131. The lowest BCUT2D eigenvalue weighted by Gasteiger charge is -2.35. The van der Waals surface area contributed by atoms with Gasteiger partial charge in [-0.1, -0.05) is 43.3 Å². The Kier molecular flexibility index (Phi) is 4.52. The van der Waals surface area contributed by atoms with Crippen molar-refractivity contribution in [3.05, 3.63) is 54.6 Å². The number of nitrogens with zero attached hydrogens (tertiary/aromatic N) is 4. The van der Waals surface area contributed by atoms with Gasteiger partial charge in [-0.2, -0.15) is 0 Å². The van der Waals surface area contributed by atoms with Crippen molar-refractivity contribution in [2.45, 2.75) is 13.3 Å². The molecule has 0 spiro atoms. The van der Waals surface area contributed by atoms with Crippen LogP contribution in [0.3, 0.4) is 0 Å². The minimum Gasteiger partial charge on any atom is -0.352 e. The van der Waals surface area contributed by atoms with Crippen molar-refractivity contribution < 1.29 is 4.79 Å². The molecule has 0 aliphatic carbocycles. The molecule has 2 aromatic carbocycles. The Morgan fingerprint density at radius 3 is 2.38 bits per heavy atom. The van der Waals surface area contributed by atoms with Gasteiger partial charge in [-0.15, -0.1) is 10.2 Å². The first kappa shape index (κ1) is 16.5. The lowest BCUT2D eigenvalue weighted by Crippen LogP contribution is -2.48. The predicted octanol–water partition coefficient (Wildman–Crippen LogP) is 3.36. The highest BCUT2D eigenvalue weighted by atomic mass is 16.2. The van der Waals surface area contributed by atoms with Crippen LogP contribution in [0.25, 0.3) is 22.0 Å². The maximum atomic E-state index is 11.8. The minimum absolute atomic E-state index is 0.224. The maximum absolute atomic E-state index is 11.8. The fraction of sp³-hybridized carbons (Fsp3) is 0.286. The van der Waals surface area contributed by atoms with Crippen LogP contribution in [0.1, 0.15) is 13.3 Å². The summed E-state index contributed by atoms with van der Waals surface area (Å²) in [6.45, 7) is 5.01. The zero-order chi connectivity index (χ0) is 17.9. The van der Waals surface area contributed by atoms with E-state index in [1.165, 1.54) is 10.8 Å². The third-order valence-corrected chi connectivity index (χ3v) is 4.95. The largest absolute Gasteiger partial charge is 0.352 e. The van der Waals surface area contributed by atoms with Crippen molar-refractivity contribution in [2.75, 3.05) is 31.1 Å². The second-order valence-corrected chi connectivity index (χ2v) is 6.56. The number of benzene rings is 2. The molecule has 0 N–H and O–H groups in total. The fourth-order valence-electron chi connectivity index (χ4n) is 3.41. The van der Waals surface area contributed by atoms with Crippen LogP contribution >= 0.6 is 0 Å². The van der Waals surface area contributed by atoms with E-state index < -0.39 is 0 Å². The van der Waals surface area contributed by atoms with Crippen LogP contribution < -0.4 is 4.90 Å². The molecule has 5 nitrogen and oxygen atoms in total. The number of amides is 1. The van der Waals surface area contributed by atoms with Crippen molar-refractivity contribution in [1.82, 2.24) is 15.1 Å². The minimum atomic E-state index is 0.224. The van der Waals surface area contributed by atoms with E-state index >= 15 is 0 Å². The summed E-state index contributed by atoms with van der Waals surface area (Å²) in [4.78, 5) is 15.9. The standard InChI is InChI=1S/C21H22N4O/c1-2-21(26)25-13-11-24(12-14-25)20-10-9-19(22-23-20)18-8-7-16-5-3-4-6-17(16)15-18/h3-10,15H,2,11-14H2,1H3. The summed E-state index contributed by atoms with van der Waals surface area (Å²) in [6, 6.07) is 18.7. The Morgan fingerprint density at radius 2 is 1.69 bits per heavy atom. The third-order valence-electron chi connectivity index (χ3n) is 4.95. The molecule has 4 rings (SSSR count). The average molecular weight is 346 g/mol. The van der Waals surface area contributed by atoms with Crippen molar-refractivity contribution in [2.24, 2.45) is 0 Å². The highest BCUT2D eigenvalue weighted by molar-refractivity contribution is 5.86. The molecular formula is C21H22N4O. The molecule has 0 atom stereocenters. The van der Waals surface area contributed by atoms with Gasteiger partial charge in [0.15, 0.2) is 5.82 Å². The second kappa shape index (κ2) is 7.12. The highest BCUT2D eigenvalue weighted by Crippen LogP contribution is 2.24. The van der Waals surface area contributed by atoms with Crippen LogP contribution in [0.2, 0.25) is 0 Å². The smallest absolute Gasteiger partial charge is 0.222 e. The van der Waals surface area contributed by atoms with E-state index in [9.17, 15) is 4.79 Å². The summed E-state index contributed by atoms with van der Waals surface area (Å²) in [5, 5.41) is 11.3. The van der Waals surface area contributed by atoms with Crippen LogP contribution in [-0.4, -0.2) is 47.2 Å². The Bertz CT molecular complexity index is 915. The monoisotopic (exact) mass is 346 g/mol. The Hall–Kier alpha value is -2.95. The van der Waals surface area contributed by atoms with E-state index in [1.54, 1.807) is 0 Å². The van der Waals surface area contributed by atoms with Gasteiger partial charge in [-0.25, -0.2) is 0 Å². The fourth-order valence-corrected chi connectivity index (χ4v) is 3.41. The molecule has 1 aliphatic rings. The van der Waals surface area contributed by atoms with Gasteiger partial charge < -0.3 is 9.80 Å². The number of aromatic nitrogens is 2. The summed E-state index contributed by atoms with van der Waals surface area (Å²) in [5.74, 6) is 1.10. The Morgan fingerprint density at radius 1 is 0.923 bits per heavy atom. The van der Waals surface area contributed by atoms with Crippen molar-refractivity contribution >= 4 is 22.5 Å². The SMILES string of the molecule is CCC(=O)N1CCN(c2ccc(-c3ccc4ccccc4c3)nn2)CC1. The van der Waals surface area contributed by atoms with Crippen LogP contribution in [0.5, 0.6) is 0 Å². The first-order valence-electron chi connectivity index (χ1n) is 9.10. The summed E-state index contributed by atoms with van der Waals surface area (Å²) >= 11 is 0. The zero-order valence-corrected chi connectivity index (χ0v) is 14.9. The number of fused-ring (bicyclic) bond motifs is 1. The van der Waals surface area contributed by atoms with Gasteiger partial charge in [0.1, 0.15) is 0 Å². The van der Waals surface area contributed by atoms with Gasteiger partial charge in [-0.3, -0.25) is 4.79 Å². The van der Waals surface area contributed by atoms with Gasteiger partial charge in [0.25, 0.3) is 0 Å². The number of piperazine rings is 1. The van der Waals surface area contributed by atoms with Crippen molar-refractivity contribution in [1.29, 1.82) is 0 Å². The molecule has 26 heavy (non-hydrogen) atoms. The van der Waals surface area contributed by atoms with Gasteiger partial charge in [-0.05, 0) is 29.0 Å². The summed E-state index contributed by atoms with van der Waals surface area (Å²) < 4.78 is 0. The van der Waals surface area contributed by atoms with Crippen LogP contribution in [-0.2, 0) is 4.79 Å². The molecule has 3 aromatic rings. The lowest BCUT2D eigenvalue weighted by atomic mass is 10.1. The molecule has 0 radical (unpaired) electrons. The van der Waals surface area contributed by atoms with Gasteiger partial charge in [0, 0.05) is 38.2 Å². The molecule has 0 saturated carbocycles. The van der Waals surface area contributed by atoms with Crippen molar-refractivity contribution in [3.63, 3.8) is 0 Å². The first-order chi connectivity index (χ1) is 12.7. The van der Waals surface area contributed by atoms with Gasteiger partial charge >= 0.3 is 0 Å². The number of hydrogen-bond acceptors (Lipinski definition) is 4. The maximum Gasteiger partial charge on any atom is 0.222 e. The molecule has 5 heteroatoms. The zero-order valence-electron chi connectivity index (χ0n) is 14.9. The molecule has 1 amide bonds. The molecule has 132 valence electrons. The number of anilines is 1. The topological polar surface area (TPSA) is 49.3 Å². The van der Waals surface area contributed by atoms with E-state index in [0.717, 1.165) is 43.3 Å². The molecule has 1 fully saturated rings. The number of carbonyl (C=O) groups is 1. The molecule has 1 aromatic heterocycles. The molecule has 2 heterocycles. The number of hydrogen-bond donors (Lipinski definition) is 0. The predicted molar refractivity (Wildman–Crippen MR) is 104 cm³/mol. The summed E-state index contributed by atoms with van der Waals surface area (Å²) in [5.41, 5.74) is 1.94. The first-order valence-corrected chi connectivity index (χ1v) is 9.10. The summed E-state index contributed by atoms with van der Waals surface area (Å²) in [6.07, 6.45) is 0.570. The second-order valence-electron chi connectivity index (χ2n) is 6.56. The Labute approximate surface area is 153 Å². The normalized spacial score (nSPS) is 14.7. The quantitative estimate of drug-likeness (QED) is 0.730. The van der Waals surface area contributed by atoms with E-state index in [2.05, 4.69) is 45.4 Å². The van der Waals surface area contributed by atoms with E-state index in [1.807, 2.05) is 36.1 Å².